The molecule has 4 N–H and O–H groups in total. The number of hydrogen-bond donors (Lipinski definition) is 3. The molecule has 0 saturated heterocycles. The second kappa shape index (κ2) is 5.90. The summed E-state index contributed by atoms with van der Waals surface area (Å²) in [6.45, 7) is 4.14. The van der Waals surface area contributed by atoms with Gasteiger partial charge < -0.3 is 10.7 Å². The van der Waals surface area contributed by atoms with E-state index in [9.17, 15) is 0 Å². The van der Waals surface area contributed by atoms with Crippen molar-refractivity contribution in [2.24, 2.45) is 5.84 Å². The third-order valence-corrected chi connectivity index (χ3v) is 3.23. The molecule has 100 valence electrons. The molecule has 1 aromatic heterocycles. The summed E-state index contributed by atoms with van der Waals surface area (Å²) in [5.41, 5.74) is 5.98. The first-order chi connectivity index (χ1) is 9.12. The number of nitrogens with two attached hydrogens (primary N) is 1. The second-order valence-electron chi connectivity index (χ2n) is 4.21. The molecule has 0 atom stereocenters. The molecule has 5 nitrogen and oxygen atoms in total. The Bertz CT molecular complexity index is 563. The molecule has 2 aromatic rings. The average molecular weight is 275 g/mol. The SMILES string of the molecule is CSc1nc(NN)cc(Nc2ccc(C)cc2C)n1. The van der Waals surface area contributed by atoms with Gasteiger partial charge in [0.1, 0.15) is 11.6 Å². The summed E-state index contributed by atoms with van der Waals surface area (Å²) in [6.07, 6.45) is 1.93. The van der Waals surface area contributed by atoms with Gasteiger partial charge in [0.25, 0.3) is 0 Å². The molecule has 0 unspecified atom stereocenters. The van der Waals surface area contributed by atoms with Crippen LogP contribution in [0.5, 0.6) is 0 Å². The quantitative estimate of drug-likeness (QED) is 0.345. The fraction of sp³-hybridized carbons (Fsp3) is 0.231. The van der Waals surface area contributed by atoms with E-state index in [0.717, 1.165) is 11.5 Å². The summed E-state index contributed by atoms with van der Waals surface area (Å²) in [4.78, 5) is 8.63. The summed E-state index contributed by atoms with van der Waals surface area (Å²) < 4.78 is 0. The number of hydrogen-bond acceptors (Lipinski definition) is 6. The smallest absolute Gasteiger partial charge is 0.191 e. The molecular weight excluding hydrogens is 258 g/mol. The maximum atomic E-state index is 5.41. The molecular formula is C13H17N5S. The molecule has 1 heterocycles. The Balaban J connectivity index is 2.31. The highest BCUT2D eigenvalue weighted by Gasteiger charge is 2.05. The van der Waals surface area contributed by atoms with Crippen LogP contribution in [0, 0.1) is 13.8 Å². The molecule has 0 fully saturated rings. The van der Waals surface area contributed by atoms with E-state index in [0.29, 0.717) is 11.0 Å². The molecule has 0 aliphatic heterocycles. The Labute approximate surface area is 117 Å². The first-order valence-corrected chi connectivity index (χ1v) is 7.09. The van der Waals surface area contributed by atoms with Gasteiger partial charge in [-0.25, -0.2) is 15.8 Å². The van der Waals surface area contributed by atoms with Crippen LogP contribution in [0.3, 0.4) is 0 Å². The lowest BCUT2D eigenvalue weighted by molar-refractivity contribution is 0.971. The van der Waals surface area contributed by atoms with Gasteiger partial charge in [-0.05, 0) is 31.7 Å². The number of nitrogens with one attached hydrogen (secondary N) is 2. The van der Waals surface area contributed by atoms with E-state index in [1.54, 1.807) is 6.07 Å². The molecule has 0 radical (unpaired) electrons. The molecule has 0 aliphatic carbocycles. The highest BCUT2D eigenvalue weighted by molar-refractivity contribution is 7.98. The van der Waals surface area contributed by atoms with Gasteiger partial charge in [-0.1, -0.05) is 29.5 Å². The number of nitrogens with zero attached hydrogens (tertiary/aromatic N) is 2. The van der Waals surface area contributed by atoms with Crippen LogP contribution < -0.4 is 16.6 Å². The van der Waals surface area contributed by atoms with Crippen molar-refractivity contribution in [1.29, 1.82) is 0 Å². The predicted octanol–water partition coefficient (Wildman–Crippen LogP) is 2.84. The first-order valence-electron chi connectivity index (χ1n) is 5.86. The number of benzene rings is 1. The van der Waals surface area contributed by atoms with Crippen molar-refractivity contribution in [2.45, 2.75) is 19.0 Å². The van der Waals surface area contributed by atoms with Crippen molar-refractivity contribution >= 4 is 29.1 Å². The third kappa shape index (κ3) is 3.36. The first kappa shape index (κ1) is 13.6. The Kier molecular flexibility index (Phi) is 4.24. The molecule has 1 aromatic carbocycles. The van der Waals surface area contributed by atoms with Gasteiger partial charge in [-0.3, -0.25) is 0 Å². The lowest BCUT2D eigenvalue weighted by Crippen LogP contribution is -2.10. The number of aryl methyl sites for hydroxylation is 2. The van der Waals surface area contributed by atoms with Crippen LogP contribution >= 0.6 is 11.8 Å². The van der Waals surface area contributed by atoms with E-state index >= 15 is 0 Å². The van der Waals surface area contributed by atoms with Gasteiger partial charge in [-0.2, -0.15) is 0 Å². The van der Waals surface area contributed by atoms with Crippen molar-refractivity contribution < 1.29 is 0 Å². The van der Waals surface area contributed by atoms with Crippen LogP contribution in [0.1, 0.15) is 11.1 Å². The standard InChI is InChI=1S/C13H17N5S/c1-8-4-5-10(9(2)6-8)15-11-7-12(18-14)17-13(16-11)19-3/h4-7H,14H2,1-3H3,(H2,15,16,17,18). The van der Waals surface area contributed by atoms with Crippen molar-refractivity contribution in [3.63, 3.8) is 0 Å². The van der Waals surface area contributed by atoms with E-state index in [2.05, 4.69) is 46.7 Å². The Hall–Kier alpha value is -1.79. The molecule has 0 aliphatic rings. The number of thioether (sulfide) groups is 1. The number of anilines is 3. The summed E-state index contributed by atoms with van der Waals surface area (Å²) in [5.74, 6) is 6.72. The van der Waals surface area contributed by atoms with Crippen molar-refractivity contribution in [3.8, 4) is 0 Å². The molecule has 2 rings (SSSR count). The Morgan fingerprint density at radius 2 is 1.84 bits per heavy atom. The fourth-order valence-electron chi connectivity index (χ4n) is 1.75. The Morgan fingerprint density at radius 3 is 2.47 bits per heavy atom. The minimum atomic E-state index is 0.589. The van der Waals surface area contributed by atoms with E-state index in [1.807, 2.05) is 12.3 Å². The summed E-state index contributed by atoms with van der Waals surface area (Å²) in [7, 11) is 0. The normalized spacial score (nSPS) is 10.3. The van der Waals surface area contributed by atoms with E-state index in [-0.39, 0.29) is 0 Å². The third-order valence-electron chi connectivity index (χ3n) is 2.68. The zero-order valence-electron chi connectivity index (χ0n) is 11.2. The largest absolute Gasteiger partial charge is 0.340 e. The minimum Gasteiger partial charge on any atom is -0.340 e. The van der Waals surface area contributed by atoms with E-state index in [4.69, 9.17) is 5.84 Å². The van der Waals surface area contributed by atoms with Gasteiger partial charge in [-0.15, -0.1) is 0 Å². The van der Waals surface area contributed by atoms with Crippen LogP contribution in [0.25, 0.3) is 0 Å². The zero-order chi connectivity index (χ0) is 13.8. The van der Waals surface area contributed by atoms with Gasteiger partial charge in [0.05, 0.1) is 0 Å². The molecule has 0 spiro atoms. The number of rotatable bonds is 4. The van der Waals surface area contributed by atoms with E-state index < -0.39 is 0 Å². The average Bonchev–Trinajstić information content (AvgIpc) is 2.41. The monoisotopic (exact) mass is 275 g/mol. The van der Waals surface area contributed by atoms with Gasteiger partial charge >= 0.3 is 0 Å². The van der Waals surface area contributed by atoms with Crippen LogP contribution in [-0.4, -0.2) is 16.2 Å². The minimum absolute atomic E-state index is 0.589. The van der Waals surface area contributed by atoms with Crippen LogP contribution in [0.15, 0.2) is 29.4 Å². The Morgan fingerprint density at radius 1 is 1.11 bits per heavy atom. The van der Waals surface area contributed by atoms with Crippen molar-refractivity contribution in [3.05, 3.63) is 35.4 Å². The second-order valence-corrected chi connectivity index (χ2v) is 4.99. The van der Waals surface area contributed by atoms with Gasteiger partial charge in [0, 0.05) is 11.8 Å². The molecule has 0 saturated carbocycles. The van der Waals surface area contributed by atoms with E-state index in [1.165, 1.54) is 22.9 Å². The zero-order valence-corrected chi connectivity index (χ0v) is 12.0. The number of nitrogen functional groups attached to an aromatic ring is 1. The van der Waals surface area contributed by atoms with Crippen LogP contribution in [-0.2, 0) is 0 Å². The molecule has 0 bridgehead atoms. The van der Waals surface area contributed by atoms with Crippen molar-refractivity contribution in [2.75, 3.05) is 17.0 Å². The molecule has 19 heavy (non-hydrogen) atoms. The number of aromatic nitrogens is 2. The molecule has 0 amide bonds. The summed E-state index contributed by atoms with van der Waals surface area (Å²) in [6, 6.07) is 8.01. The lowest BCUT2D eigenvalue weighted by atomic mass is 10.1. The van der Waals surface area contributed by atoms with Crippen molar-refractivity contribution in [1.82, 2.24) is 9.97 Å². The van der Waals surface area contributed by atoms with Gasteiger partial charge in [0.2, 0.25) is 0 Å². The van der Waals surface area contributed by atoms with Gasteiger partial charge in [0.15, 0.2) is 5.16 Å². The highest BCUT2D eigenvalue weighted by Crippen LogP contribution is 2.23. The fourth-order valence-corrected chi connectivity index (χ4v) is 2.13. The molecule has 6 heteroatoms. The highest BCUT2D eigenvalue weighted by atomic mass is 32.2. The summed E-state index contributed by atoms with van der Waals surface area (Å²) in [5, 5.41) is 3.96. The maximum absolute atomic E-state index is 5.41. The predicted molar refractivity (Wildman–Crippen MR) is 80.8 cm³/mol. The van der Waals surface area contributed by atoms with Crippen LogP contribution in [0.2, 0.25) is 0 Å². The number of hydrazine groups is 1. The lowest BCUT2D eigenvalue weighted by Gasteiger charge is -2.11. The van der Waals surface area contributed by atoms with Crippen LogP contribution in [0.4, 0.5) is 17.3 Å². The topological polar surface area (TPSA) is 75.9 Å². The maximum Gasteiger partial charge on any atom is 0.191 e. The summed E-state index contributed by atoms with van der Waals surface area (Å²) >= 11 is 1.47.